The van der Waals surface area contributed by atoms with Gasteiger partial charge in [-0.15, -0.1) is 0 Å². The topological polar surface area (TPSA) is 108 Å². The smallest absolute Gasteiger partial charge is 0.509 e. The summed E-state index contributed by atoms with van der Waals surface area (Å²) in [6, 6.07) is 3.64. The number of methoxy groups -OCH3 is 1. The Morgan fingerprint density at radius 1 is 1.40 bits per heavy atom. The molecular weight excluding hydrogens is 503 g/mol. The Labute approximate surface area is 234 Å². The van der Waals surface area contributed by atoms with E-state index >= 15 is 0 Å². The molecule has 3 N–H and O–H groups in total. The van der Waals surface area contributed by atoms with Crippen LogP contribution in [0, 0.1) is 11.5 Å². The van der Waals surface area contributed by atoms with Gasteiger partial charge in [-0.2, -0.15) is 5.57 Å². The summed E-state index contributed by atoms with van der Waals surface area (Å²) in [7, 11) is 1.56. The molecule has 2 aromatic rings. The van der Waals surface area contributed by atoms with Crippen LogP contribution in [0.5, 0.6) is 5.75 Å². The van der Waals surface area contributed by atoms with E-state index in [-0.39, 0.29) is 81.3 Å². The molecule has 1 aliphatic rings. The number of allylic oxidation sites excluding steroid dienone is 3. The number of H-pyrrole nitrogens is 1. The number of hydrogen-bond donors (Lipinski definition) is 3. The molecule has 0 spiro atoms. The molecule has 0 aliphatic carbocycles. The van der Waals surface area contributed by atoms with Crippen molar-refractivity contribution in [3.05, 3.63) is 35.4 Å². The van der Waals surface area contributed by atoms with Crippen LogP contribution in [0.4, 0.5) is 5.82 Å². The maximum Gasteiger partial charge on any atom is 1.00 e. The van der Waals surface area contributed by atoms with Gasteiger partial charge in [-0.05, 0) is 25.5 Å². The minimum absolute atomic E-state index is 0. The Balaban J connectivity index is 0.00000320. The number of aromatic nitrogens is 1. The number of nitrogens with one attached hydrogen (secondary N) is 2. The average Bonchev–Trinajstić information content (AvgIpc) is 3.01. The van der Waals surface area contributed by atoms with Gasteiger partial charge in [0.05, 0.1) is 25.0 Å². The van der Waals surface area contributed by atoms with Crippen molar-refractivity contribution >= 4 is 45.4 Å². The molecule has 152 valence electrons. The van der Waals surface area contributed by atoms with Gasteiger partial charge in [0.1, 0.15) is 17.3 Å². The minimum atomic E-state index is -0.463. The van der Waals surface area contributed by atoms with Gasteiger partial charge in [0, 0.05) is 17.3 Å². The Morgan fingerprint density at radius 3 is 2.73 bits per heavy atom. The predicted octanol–water partition coefficient (Wildman–Crippen LogP) is 1.75. The van der Waals surface area contributed by atoms with E-state index in [1.807, 2.05) is 6.07 Å². The van der Waals surface area contributed by atoms with E-state index in [2.05, 4.69) is 16.1 Å². The third kappa shape index (κ3) is 4.95. The molecule has 0 saturated heterocycles. The van der Waals surface area contributed by atoms with Gasteiger partial charge in [-0.1, -0.05) is 31.2 Å². The summed E-state index contributed by atoms with van der Waals surface area (Å²) >= 11 is 0. The molecule has 0 fully saturated rings. The summed E-state index contributed by atoms with van der Waals surface area (Å²) in [5.74, 6) is 0.567. The van der Waals surface area contributed by atoms with Gasteiger partial charge < -0.3 is 25.0 Å². The molecule has 8 heteroatoms. The Hall–Kier alpha value is -1.30. The van der Waals surface area contributed by atoms with Gasteiger partial charge >= 0.3 is 74.9 Å². The van der Waals surface area contributed by atoms with Crippen LogP contribution in [-0.4, -0.2) is 41.2 Å². The van der Waals surface area contributed by atoms with E-state index in [1.165, 1.54) is 0 Å². The minimum Gasteiger partial charge on any atom is -0.509 e. The van der Waals surface area contributed by atoms with Gasteiger partial charge in [0.15, 0.2) is 0 Å². The van der Waals surface area contributed by atoms with Gasteiger partial charge in [-0.3, -0.25) is 0 Å². The zero-order valence-electron chi connectivity index (χ0n) is 18.0. The number of aliphatic hydroxyl groups excluding tert-OH is 1. The second-order valence-electron chi connectivity index (χ2n) is 6.60. The number of carbonyl (C=O) groups excluding carboxylic acids is 1. The van der Waals surface area contributed by atoms with Gasteiger partial charge in [0.2, 0.25) is 0 Å². The van der Waals surface area contributed by atoms with Crippen LogP contribution in [0.2, 0.25) is 0 Å². The Bertz CT molecular complexity index is 1080. The first-order valence-corrected chi connectivity index (χ1v) is 9.39. The van der Waals surface area contributed by atoms with Crippen LogP contribution in [0.25, 0.3) is 22.2 Å². The molecule has 7 nitrogen and oxygen atoms in total. The number of rotatable bonds is 5. The van der Waals surface area contributed by atoms with Crippen molar-refractivity contribution in [2.24, 2.45) is 4.99 Å². The first-order chi connectivity index (χ1) is 13.9. The van der Waals surface area contributed by atoms with Crippen molar-refractivity contribution in [2.75, 3.05) is 13.7 Å². The molecule has 0 atom stereocenters. The summed E-state index contributed by atoms with van der Waals surface area (Å²) in [4.78, 5) is 19.9. The Kier molecular flexibility index (Phi) is 9.01. The molecule has 2 heterocycles. The number of aromatic amines is 1. The second-order valence-corrected chi connectivity index (χ2v) is 6.60. The van der Waals surface area contributed by atoms with Crippen molar-refractivity contribution in [1.82, 2.24) is 4.98 Å². The van der Waals surface area contributed by atoms with Crippen LogP contribution in [0.3, 0.4) is 0 Å². The number of aliphatic hydroxyl groups is 1. The third-order valence-corrected chi connectivity index (χ3v) is 4.73. The fraction of sp³-hybridized carbons (Fsp3) is 0.318. The fourth-order valence-electron chi connectivity index (χ4n) is 3.44. The van der Waals surface area contributed by atoms with Crippen molar-refractivity contribution in [1.29, 1.82) is 5.41 Å². The van der Waals surface area contributed by atoms with Gasteiger partial charge in [-0.25, -0.2) is 15.9 Å². The van der Waals surface area contributed by atoms with E-state index < -0.39 is 5.97 Å². The molecule has 0 unspecified atom stereocenters. The number of aliphatic imine (C=N–C) groups is 1. The number of carbonyl (C=O) groups is 1. The molecule has 0 radical (unpaired) electrons. The van der Waals surface area contributed by atoms with Crippen LogP contribution in [0.15, 0.2) is 23.2 Å². The molecular formula is C22H24CsN3O4. The zero-order valence-corrected chi connectivity index (χ0v) is 24.3. The standard InChI is InChI=1S/C22H24N3O4.Cs/c1-5-13(12(3)23)14-10-17-15(11-19(14)28-4)20-18(26)9-7-8-16(22(27)29-6-2)24-21(20)25-17;/h9-11,23,25-26H,6-8H2,1-4H3;/q-1;+1/b18-9+,23-12?,24-16+;. The van der Waals surface area contributed by atoms with Crippen LogP contribution < -0.4 is 73.6 Å². The number of hydrogen-bond acceptors (Lipinski definition) is 6. The van der Waals surface area contributed by atoms with E-state index in [1.54, 1.807) is 40.0 Å². The monoisotopic (exact) mass is 527 g/mol. The van der Waals surface area contributed by atoms with Gasteiger partial charge in [0.25, 0.3) is 0 Å². The maximum absolute atomic E-state index is 12.2. The van der Waals surface area contributed by atoms with Crippen LogP contribution in [0.1, 0.15) is 44.7 Å². The summed E-state index contributed by atoms with van der Waals surface area (Å²) in [6.45, 7) is 5.45. The van der Waals surface area contributed by atoms with E-state index in [0.29, 0.717) is 63.4 Å². The van der Waals surface area contributed by atoms with E-state index in [9.17, 15) is 9.90 Å². The van der Waals surface area contributed by atoms with Crippen LogP contribution in [-0.2, 0) is 9.53 Å². The molecule has 1 aromatic heterocycles. The molecule has 0 saturated carbocycles. The average molecular weight is 527 g/mol. The quantitative estimate of drug-likeness (QED) is 0.313. The predicted molar refractivity (Wildman–Crippen MR) is 114 cm³/mol. The van der Waals surface area contributed by atoms with E-state index in [0.717, 1.165) is 0 Å². The number of benzene rings is 1. The normalized spacial score (nSPS) is 17.4. The summed E-state index contributed by atoms with van der Waals surface area (Å²) in [5.41, 5.74) is 3.20. The third-order valence-electron chi connectivity index (χ3n) is 4.73. The molecule has 1 aliphatic heterocycles. The molecule has 0 bridgehead atoms. The van der Waals surface area contributed by atoms with Crippen molar-refractivity contribution in [2.45, 2.75) is 33.6 Å². The number of esters is 1. The summed E-state index contributed by atoms with van der Waals surface area (Å²) < 4.78 is 10.6. The molecule has 0 amide bonds. The van der Waals surface area contributed by atoms with Crippen molar-refractivity contribution < 1.29 is 88.3 Å². The zero-order chi connectivity index (χ0) is 21.1. The Morgan fingerprint density at radius 2 is 2.13 bits per heavy atom. The van der Waals surface area contributed by atoms with Crippen molar-refractivity contribution in [3.8, 4) is 5.75 Å². The summed E-state index contributed by atoms with van der Waals surface area (Å²) in [6.07, 6.45) is 5.55. The largest absolute Gasteiger partial charge is 1.00 e. The molecule has 1 aromatic carbocycles. The first kappa shape index (κ1) is 25.0. The maximum atomic E-state index is 12.2. The SMILES string of the molecule is C[C-]=C(C(C)=N)c1cc2[nH]c3c(c2cc1OC)/C(O)=C\CC/C(C(=O)OCC)=N\3.[Cs+]. The summed E-state index contributed by atoms with van der Waals surface area (Å²) in [5, 5.41) is 19.3. The van der Waals surface area contributed by atoms with Crippen molar-refractivity contribution in [3.63, 3.8) is 0 Å². The number of fused-ring (bicyclic) bond motifs is 3. The molecule has 30 heavy (non-hydrogen) atoms. The first-order valence-electron chi connectivity index (χ1n) is 9.39. The second kappa shape index (κ2) is 10.8. The van der Waals surface area contributed by atoms with Crippen LogP contribution >= 0.6 is 0 Å². The number of nitrogens with zero attached hydrogens (tertiary/aromatic N) is 1. The number of ether oxygens (including phenoxy) is 2. The van der Waals surface area contributed by atoms with E-state index in [4.69, 9.17) is 14.9 Å². The molecule has 3 rings (SSSR count). The fourth-order valence-corrected chi connectivity index (χ4v) is 3.44.